The predicted molar refractivity (Wildman–Crippen MR) is 77.9 cm³/mol. The molecule has 0 heterocycles. The van der Waals surface area contributed by atoms with Crippen LogP contribution in [0.5, 0.6) is 11.5 Å². The molecule has 2 nitrogen and oxygen atoms in total. The topological polar surface area (TPSA) is 35.2 Å². The van der Waals surface area contributed by atoms with Crippen LogP contribution in [0.4, 0.5) is 8.78 Å². The molecule has 0 aromatic heterocycles. The Labute approximate surface area is 124 Å². The van der Waals surface area contributed by atoms with Gasteiger partial charge in [-0.05, 0) is 59.1 Å². The fourth-order valence-corrected chi connectivity index (χ4v) is 2.19. The van der Waals surface area contributed by atoms with Gasteiger partial charge in [0.05, 0.1) is 4.47 Å². The van der Waals surface area contributed by atoms with Gasteiger partial charge in [0.25, 0.3) is 0 Å². The van der Waals surface area contributed by atoms with Gasteiger partial charge < -0.3 is 10.5 Å². The Morgan fingerprint density at radius 2 is 1.95 bits per heavy atom. The lowest BCUT2D eigenvalue weighted by molar-refractivity contribution is 0.433. The van der Waals surface area contributed by atoms with Crippen molar-refractivity contribution in [3.8, 4) is 11.5 Å². The van der Waals surface area contributed by atoms with Crippen LogP contribution >= 0.6 is 15.9 Å². The van der Waals surface area contributed by atoms with Crippen LogP contribution in [0.1, 0.15) is 12.5 Å². The van der Waals surface area contributed by atoms with Crippen molar-refractivity contribution in [3.63, 3.8) is 0 Å². The van der Waals surface area contributed by atoms with Crippen LogP contribution in [0.3, 0.4) is 0 Å². The summed E-state index contributed by atoms with van der Waals surface area (Å²) in [6.45, 7) is 1.84. The molecule has 5 heteroatoms. The van der Waals surface area contributed by atoms with Crippen molar-refractivity contribution in [2.24, 2.45) is 5.73 Å². The minimum atomic E-state index is -0.469. The average molecular weight is 342 g/mol. The summed E-state index contributed by atoms with van der Waals surface area (Å²) in [7, 11) is 0. The lowest BCUT2D eigenvalue weighted by Gasteiger charge is -2.14. The quantitative estimate of drug-likeness (QED) is 0.893. The summed E-state index contributed by atoms with van der Waals surface area (Å²) in [6, 6.07) is 8.74. The average Bonchev–Trinajstić information content (AvgIpc) is 2.37. The Balaban J connectivity index is 2.34. The molecule has 0 radical (unpaired) electrons. The third-order valence-corrected chi connectivity index (χ3v) is 3.31. The molecule has 0 aliphatic rings. The van der Waals surface area contributed by atoms with E-state index in [-0.39, 0.29) is 16.3 Å². The Bertz CT molecular complexity index is 617. The van der Waals surface area contributed by atoms with Gasteiger partial charge in [-0.1, -0.05) is 12.1 Å². The van der Waals surface area contributed by atoms with Gasteiger partial charge in [-0.3, -0.25) is 0 Å². The van der Waals surface area contributed by atoms with Crippen LogP contribution in [0.25, 0.3) is 0 Å². The molecular weight excluding hydrogens is 328 g/mol. The van der Waals surface area contributed by atoms with Gasteiger partial charge in [0.15, 0.2) is 11.6 Å². The summed E-state index contributed by atoms with van der Waals surface area (Å²) in [5, 5.41) is 0. The second-order valence-corrected chi connectivity index (χ2v) is 5.44. The van der Waals surface area contributed by atoms with E-state index in [1.807, 2.05) is 6.92 Å². The first kappa shape index (κ1) is 14.9. The second kappa shape index (κ2) is 6.33. The highest BCUT2D eigenvalue weighted by molar-refractivity contribution is 9.10. The van der Waals surface area contributed by atoms with Crippen LogP contribution in [0.15, 0.2) is 40.9 Å². The number of rotatable bonds is 4. The molecule has 0 aliphatic carbocycles. The molecule has 2 rings (SSSR count). The molecule has 0 spiro atoms. The fourth-order valence-electron chi connectivity index (χ4n) is 1.83. The van der Waals surface area contributed by atoms with Gasteiger partial charge in [0, 0.05) is 6.04 Å². The lowest BCUT2D eigenvalue weighted by Crippen LogP contribution is -2.18. The van der Waals surface area contributed by atoms with Crippen molar-refractivity contribution < 1.29 is 13.5 Å². The molecule has 20 heavy (non-hydrogen) atoms. The lowest BCUT2D eigenvalue weighted by atomic mass is 10.1. The van der Waals surface area contributed by atoms with E-state index in [2.05, 4.69) is 15.9 Å². The molecule has 0 saturated carbocycles. The maximum Gasteiger partial charge on any atom is 0.166 e. The van der Waals surface area contributed by atoms with Crippen molar-refractivity contribution in [1.82, 2.24) is 0 Å². The summed E-state index contributed by atoms with van der Waals surface area (Å²) in [5.74, 6) is -0.386. The largest absolute Gasteiger partial charge is 0.454 e. The summed E-state index contributed by atoms with van der Waals surface area (Å²) in [6.07, 6.45) is 0.495. The number of nitrogens with two attached hydrogens (primary N) is 1. The molecule has 2 aromatic rings. The second-order valence-electron chi connectivity index (χ2n) is 4.59. The zero-order valence-corrected chi connectivity index (χ0v) is 12.5. The minimum absolute atomic E-state index is 0.112. The minimum Gasteiger partial charge on any atom is -0.454 e. The van der Waals surface area contributed by atoms with Crippen molar-refractivity contribution in [2.45, 2.75) is 19.4 Å². The van der Waals surface area contributed by atoms with Crippen LogP contribution in [0.2, 0.25) is 0 Å². The van der Waals surface area contributed by atoms with Gasteiger partial charge in [-0.15, -0.1) is 0 Å². The van der Waals surface area contributed by atoms with Gasteiger partial charge in [0.2, 0.25) is 0 Å². The highest BCUT2D eigenvalue weighted by atomic mass is 79.9. The highest BCUT2D eigenvalue weighted by Crippen LogP contribution is 2.31. The molecule has 1 unspecified atom stereocenters. The van der Waals surface area contributed by atoms with Crippen molar-refractivity contribution >= 4 is 15.9 Å². The molecule has 0 amide bonds. The van der Waals surface area contributed by atoms with E-state index in [0.717, 1.165) is 0 Å². The zero-order chi connectivity index (χ0) is 14.7. The summed E-state index contributed by atoms with van der Waals surface area (Å²) in [4.78, 5) is 0. The summed E-state index contributed by atoms with van der Waals surface area (Å²) < 4.78 is 32.9. The Hall–Kier alpha value is -1.46. The number of benzene rings is 2. The SMILES string of the molecule is CC(N)Cc1cccc(F)c1Oc1ccc(F)c(Br)c1. The number of halogens is 3. The number of hydrogen-bond donors (Lipinski definition) is 1. The van der Waals surface area contributed by atoms with E-state index in [9.17, 15) is 8.78 Å². The van der Waals surface area contributed by atoms with Crippen LogP contribution in [0, 0.1) is 11.6 Å². The van der Waals surface area contributed by atoms with Crippen LogP contribution in [-0.2, 0) is 6.42 Å². The first-order valence-electron chi connectivity index (χ1n) is 6.13. The van der Waals surface area contributed by atoms with Gasteiger partial charge in [0.1, 0.15) is 11.6 Å². The Kier molecular flexibility index (Phi) is 4.73. The third-order valence-electron chi connectivity index (χ3n) is 2.70. The normalized spacial score (nSPS) is 12.2. The van der Waals surface area contributed by atoms with E-state index < -0.39 is 11.6 Å². The molecule has 0 aliphatic heterocycles. The van der Waals surface area contributed by atoms with E-state index in [1.165, 1.54) is 24.3 Å². The van der Waals surface area contributed by atoms with Gasteiger partial charge in [-0.2, -0.15) is 0 Å². The molecule has 2 aromatic carbocycles. The van der Waals surface area contributed by atoms with E-state index in [1.54, 1.807) is 12.1 Å². The van der Waals surface area contributed by atoms with E-state index in [4.69, 9.17) is 10.5 Å². The van der Waals surface area contributed by atoms with Crippen LogP contribution in [-0.4, -0.2) is 6.04 Å². The first-order valence-corrected chi connectivity index (χ1v) is 6.92. The first-order chi connectivity index (χ1) is 9.47. The van der Waals surface area contributed by atoms with Crippen molar-refractivity contribution in [2.75, 3.05) is 0 Å². The summed E-state index contributed by atoms with van der Waals surface area (Å²) in [5.41, 5.74) is 6.43. The maximum absolute atomic E-state index is 13.9. The van der Waals surface area contributed by atoms with Crippen molar-refractivity contribution in [1.29, 1.82) is 0 Å². The third kappa shape index (κ3) is 3.55. The van der Waals surface area contributed by atoms with Crippen LogP contribution < -0.4 is 10.5 Å². The molecule has 0 saturated heterocycles. The van der Waals surface area contributed by atoms with Gasteiger partial charge in [-0.25, -0.2) is 8.78 Å². The number of hydrogen-bond acceptors (Lipinski definition) is 2. The highest BCUT2D eigenvalue weighted by Gasteiger charge is 2.13. The number of ether oxygens (including phenoxy) is 1. The van der Waals surface area contributed by atoms with E-state index >= 15 is 0 Å². The Morgan fingerprint density at radius 3 is 2.60 bits per heavy atom. The molecular formula is C15H14BrF2NO. The monoisotopic (exact) mass is 341 g/mol. The maximum atomic E-state index is 13.9. The standard InChI is InChI=1S/C15H14BrF2NO/c1-9(19)7-10-3-2-4-14(18)15(10)20-11-5-6-13(17)12(16)8-11/h2-6,8-9H,7,19H2,1H3. The molecule has 0 fully saturated rings. The fraction of sp³-hybridized carbons (Fsp3) is 0.200. The van der Waals surface area contributed by atoms with Crippen molar-refractivity contribution in [3.05, 3.63) is 58.1 Å². The zero-order valence-electron chi connectivity index (χ0n) is 10.9. The van der Waals surface area contributed by atoms with E-state index in [0.29, 0.717) is 17.7 Å². The summed E-state index contributed by atoms with van der Waals surface area (Å²) >= 11 is 3.07. The molecule has 106 valence electrons. The smallest absolute Gasteiger partial charge is 0.166 e. The molecule has 2 N–H and O–H groups in total. The number of para-hydroxylation sites is 1. The molecule has 1 atom stereocenters. The predicted octanol–water partition coefficient (Wildman–Crippen LogP) is 4.41. The Morgan fingerprint density at radius 1 is 1.20 bits per heavy atom. The van der Waals surface area contributed by atoms with Gasteiger partial charge >= 0.3 is 0 Å². The molecule has 0 bridgehead atoms.